The molecular formula is C49H30N8. The molecule has 12 aromatic rings. The zero-order valence-electron chi connectivity index (χ0n) is 57.2. The quantitative estimate of drug-likeness (QED) is 0.175. The molecule has 0 saturated heterocycles. The predicted molar refractivity (Wildman–Crippen MR) is 229 cm³/mol. The number of nitrogens with zero attached hydrogens (tertiary/aromatic N) is 8. The van der Waals surface area contributed by atoms with Gasteiger partial charge in [-0.25, -0.2) is 4.98 Å². The minimum Gasteiger partial charge on any atom is -0.306 e. The van der Waals surface area contributed by atoms with E-state index in [9.17, 15) is 15.1 Å². The highest BCUT2D eigenvalue weighted by Crippen LogP contribution is 2.42. The standard InChI is InChI=1S/C49H30N8/c1-2-13-31(14-3-1)47-52-48(54-49(53-47)57-41-22-10-6-15-32(41)33-16-7-11-23-42(33)57)38-19-12-24-43(55-39-20-8-4-17-34(39)36-25-27-50-29-44(36)55)46(38)56-40-21-9-5-18-35(40)37-26-28-51-30-45(37)56/h1-30H/i1D,2D,3D,4D,5D,6D,7D,8D,9D,10D,11D,12D,13D,14D,15D,16D,17D,18D,19D,21D,22D,23D,24D,25D,26D,27D,28D,29D,30D. The van der Waals surface area contributed by atoms with E-state index in [1.165, 1.54) is 0 Å². The summed E-state index contributed by atoms with van der Waals surface area (Å²) in [7, 11) is 0. The molecule has 0 bridgehead atoms. The molecule has 0 unspecified atom stereocenters. The molecule has 0 N–H and O–H groups in total. The molecule has 0 atom stereocenters. The summed E-state index contributed by atoms with van der Waals surface area (Å²) in [6, 6.07) is -22.1. The maximum atomic E-state index is 10.0. The van der Waals surface area contributed by atoms with Crippen LogP contribution in [-0.2, 0) is 0 Å². The van der Waals surface area contributed by atoms with Gasteiger partial charge in [-0.15, -0.1) is 0 Å². The van der Waals surface area contributed by atoms with Crippen LogP contribution < -0.4 is 0 Å². The van der Waals surface area contributed by atoms with Crippen LogP contribution in [0, 0.1) is 0 Å². The SMILES string of the molecule is [2H]c1cc2c(c([2H])c1[2H])c1c([2H])c([2H])nc([2H])c1n2-c1c([2H])c([2H])c([2H])c(-c2nc(-c3c([2H])c([2H])c([2H])c([2H])c3[2H])nc(-n3c4c([2H])c([2H])c([2H])c([2H])c4c4c([2H])c([2H])c([2H])c([2H])c43)n2)c1-n1c2c([2H])nc([2H])c([2H])c2c2c([2H])c([2H])c([2H])c([2H])c21. The maximum absolute atomic E-state index is 10.0. The van der Waals surface area contributed by atoms with Crippen LogP contribution in [0.3, 0.4) is 0 Å². The summed E-state index contributed by atoms with van der Waals surface area (Å²) in [5, 5.41) is -3.14. The Morgan fingerprint density at radius 2 is 0.912 bits per heavy atom. The second-order valence-electron chi connectivity index (χ2n) is 12.1. The third-order valence-electron chi connectivity index (χ3n) is 9.16. The molecule has 6 aromatic heterocycles. The van der Waals surface area contributed by atoms with Crippen molar-refractivity contribution in [2.45, 2.75) is 0 Å². The number of hydrogen-bond donors (Lipinski definition) is 0. The van der Waals surface area contributed by atoms with Crippen molar-refractivity contribution in [3.8, 4) is 40.1 Å². The van der Waals surface area contributed by atoms with Crippen molar-refractivity contribution in [1.82, 2.24) is 38.6 Å². The van der Waals surface area contributed by atoms with E-state index in [0.29, 0.717) is 0 Å². The third kappa shape index (κ3) is 4.64. The molecule has 0 aliphatic rings. The van der Waals surface area contributed by atoms with E-state index in [1.807, 2.05) is 0 Å². The Balaban J connectivity index is 1.44. The Bertz CT molecular complexity index is 5140. The number of para-hydroxylation sites is 5. The van der Waals surface area contributed by atoms with Crippen LogP contribution in [0.25, 0.3) is 106 Å². The first-order valence-corrected chi connectivity index (χ1v) is 16.6. The van der Waals surface area contributed by atoms with Gasteiger partial charge in [0, 0.05) is 55.8 Å². The number of benzene rings is 6. The van der Waals surface area contributed by atoms with Gasteiger partial charge in [0.1, 0.15) is 0 Å². The zero-order valence-corrected chi connectivity index (χ0v) is 28.2. The van der Waals surface area contributed by atoms with Crippen LogP contribution >= 0.6 is 0 Å². The summed E-state index contributed by atoms with van der Waals surface area (Å²) in [5.74, 6) is -2.99. The number of pyridine rings is 2. The summed E-state index contributed by atoms with van der Waals surface area (Å²) >= 11 is 0. The molecule has 0 amide bonds. The lowest BCUT2D eigenvalue weighted by Gasteiger charge is -2.20. The van der Waals surface area contributed by atoms with E-state index in [-0.39, 0.29) is 0 Å². The number of rotatable bonds is 5. The molecule has 8 heteroatoms. The van der Waals surface area contributed by atoms with Gasteiger partial charge >= 0.3 is 0 Å². The van der Waals surface area contributed by atoms with Gasteiger partial charge in [-0.2, -0.15) is 9.97 Å². The maximum Gasteiger partial charge on any atom is 0.238 e. The molecule has 266 valence electrons. The number of aromatic nitrogens is 8. The van der Waals surface area contributed by atoms with Crippen molar-refractivity contribution < 1.29 is 39.8 Å². The van der Waals surface area contributed by atoms with Gasteiger partial charge in [0.15, 0.2) is 11.6 Å². The lowest BCUT2D eigenvalue weighted by atomic mass is 10.1. The molecule has 0 fully saturated rings. The fourth-order valence-corrected chi connectivity index (χ4v) is 6.90. The Morgan fingerprint density at radius 1 is 0.386 bits per heavy atom. The van der Waals surface area contributed by atoms with E-state index in [0.717, 1.165) is 19.8 Å². The molecule has 0 radical (unpaired) electrons. The smallest absolute Gasteiger partial charge is 0.238 e. The summed E-state index contributed by atoms with van der Waals surface area (Å²) < 4.78 is 266. The minimum atomic E-state index is -1.15. The third-order valence-corrected chi connectivity index (χ3v) is 9.16. The van der Waals surface area contributed by atoms with Crippen molar-refractivity contribution >= 4 is 65.4 Å². The average Bonchev–Trinajstić information content (AvgIpc) is 1.57. The summed E-state index contributed by atoms with van der Waals surface area (Å²) in [4.78, 5) is 21.6. The Morgan fingerprint density at radius 3 is 1.58 bits per heavy atom. The molecule has 57 heavy (non-hydrogen) atoms. The minimum absolute atomic E-state index is 0.422. The second-order valence-corrected chi connectivity index (χ2v) is 12.1. The molecule has 0 aliphatic carbocycles. The largest absolute Gasteiger partial charge is 0.306 e. The van der Waals surface area contributed by atoms with Gasteiger partial charge in [0.2, 0.25) is 5.95 Å². The zero-order chi connectivity index (χ0) is 62.7. The van der Waals surface area contributed by atoms with Crippen molar-refractivity contribution in [3.05, 3.63) is 182 Å². The van der Waals surface area contributed by atoms with Gasteiger partial charge in [-0.1, -0.05) is 109 Å². The summed E-state index contributed by atoms with van der Waals surface area (Å²) in [6.45, 7) is 0. The van der Waals surface area contributed by atoms with Crippen LogP contribution in [0.2, 0.25) is 0 Å². The molecule has 0 saturated carbocycles. The molecular weight excluding hydrogens is 701 g/mol. The van der Waals surface area contributed by atoms with Crippen molar-refractivity contribution in [1.29, 1.82) is 0 Å². The number of hydrogen-bond acceptors (Lipinski definition) is 5. The lowest BCUT2D eigenvalue weighted by Crippen LogP contribution is -2.10. The van der Waals surface area contributed by atoms with Crippen LogP contribution in [0.1, 0.15) is 39.8 Å². The normalized spacial score (nSPS) is 19.0. The highest BCUT2D eigenvalue weighted by molar-refractivity contribution is 6.12. The molecule has 6 aromatic carbocycles. The van der Waals surface area contributed by atoms with Gasteiger partial charge in [-0.05, 0) is 48.4 Å². The van der Waals surface area contributed by atoms with Crippen LogP contribution in [0.5, 0.6) is 0 Å². The first-order valence-electron chi connectivity index (χ1n) is 31.1. The topological polar surface area (TPSA) is 79.2 Å². The molecule has 8 nitrogen and oxygen atoms in total. The highest BCUT2D eigenvalue weighted by Gasteiger charge is 2.25. The van der Waals surface area contributed by atoms with Crippen LogP contribution in [-0.4, -0.2) is 38.6 Å². The van der Waals surface area contributed by atoms with E-state index < -0.39 is 281 Å². The first kappa shape index (κ1) is 14.3. The Labute approximate surface area is 366 Å². The van der Waals surface area contributed by atoms with Crippen molar-refractivity contribution in [2.24, 2.45) is 0 Å². The predicted octanol–water partition coefficient (Wildman–Crippen LogP) is 11.3. The van der Waals surface area contributed by atoms with E-state index in [1.54, 1.807) is 0 Å². The molecule has 6 heterocycles. The molecule has 12 rings (SSSR count). The molecule has 0 aliphatic heterocycles. The lowest BCUT2D eigenvalue weighted by molar-refractivity contribution is 0.950. The fourth-order valence-electron chi connectivity index (χ4n) is 6.90. The van der Waals surface area contributed by atoms with Crippen molar-refractivity contribution in [3.63, 3.8) is 0 Å². The van der Waals surface area contributed by atoms with Gasteiger partial charge < -0.3 is 9.13 Å². The van der Waals surface area contributed by atoms with Gasteiger partial charge in [0.25, 0.3) is 0 Å². The van der Waals surface area contributed by atoms with Crippen LogP contribution in [0.15, 0.2) is 182 Å². The number of fused-ring (bicyclic) bond motifs is 9. The first-order chi connectivity index (χ1) is 40.3. The monoisotopic (exact) mass is 759 g/mol. The summed E-state index contributed by atoms with van der Waals surface area (Å²) in [6.07, 6.45) is -3.60. The Hall–Kier alpha value is -7.97. The van der Waals surface area contributed by atoms with Crippen LogP contribution in [0.4, 0.5) is 0 Å². The Kier molecular flexibility index (Phi) is 3.07. The summed E-state index contributed by atoms with van der Waals surface area (Å²) in [5.41, 5.74) is -7.32. The fraction of sp³-hybridized carbons (Fsp3) is 0. The van der Waals surface area contributed by atoms with Crippen molar-refractivity contribution in [2.75, 3.05) is 0 Å². The second kappa shape index (κ2) is 12.3. The molecule has 0 spiro atoms. The highest BCUT2D eigenvalue weighted by atomic mass is 15.2. The van der Waals surface area contributed by atoms with Gasteiger partial charge in [0.05, 0.1) is 96.6 Å². The van der Waals surface area contributed by atoms with E-state index in [4.69, 9.17) is 24.7 Å². The van der Waals surface area contributed by atoms with E-state index in [2.05, 4.69) is 24.9 Å². The van der Waals surface area contributed by atoms with E-state index >= 15 is 0 Å². The van der Waals surface area contributed by atoms with Gasteiger partial charge in [-0.3, -0.25) is 14.5 Å². The average molecular weight is 760 g/mol.